The van der Waals surface area contributed by atoms with Crippen LogP contribution in [0.5, 0.6) is 0 Å². The Hall–Kier alpha value is -1.72. The summed E-state index contributed by atoms with van der Waals surface area (Å²) in [5, 5.41) is 7.61. The van der Waals surface area contributed by atoms with Crippen LogP contribution in [0.1, 0.15) is 5.56 Å². The number of rotatable bonds is 4. The molecule has 1 aromatic carbocycles. The van der Waals surface area contributed by atoms with Gasteiger partial charge in [0.25, 0.3) is 0 Å². The third-order valence-electron chi connectivity index (χ3n) is 3.56. The fourth-order valence-corrected chi connectivity index (χ4v) is 2.49. The molecule has 5 heteroatoms. The number of hydrogen-bond donors (Lipinski definition) is 1. The highest BCUT2D eigenvalue weighted by Gasteiger charge is 2.11. The number of hydrogen-bond acceptors (Lipinski definition) is 4. The first-order valence-corrected chi connectivity index (χ1v) is 6.79. The Kier molecular flexibility index (Phi) is 3.86. The van der Waals surface area contributed by atoms with Gasteiger partial charge in [0.15, 0.2) is 0 Å². The fourth-order valence-electron chi connectivity index (χ4n) is 2.49. The Morgan fingerprint density at radius 1 is 1.16 bits per heavy atom. The van der Waals surface area contributed by atoms with Crippen molar-refractivity contribution in [2.45, 2.75) is 6.42 Å². The van der Waals surface area contributed by atoms with Gasteiger partial charge in [0, 0.05) is 32.7 Å². The molecule has 5 nitrogen and oxygen atoms in total. The summed E-state index contributed by atoms with van der Waals surface area (Å²) in [7, 11) is 0. The molecule has 0 unspecified atom stereocenters. The first-order chi connectivity index (χ1) is 9.43. The molecule has 2 aromatic rings. The van der Waals surface area contributed by atoms with Crippen LogP contribution in [0.15, 0.2) is 36.9 Å². The predicted octanol–water partition coefficient (Wildman–Crippen LogP) is 0.715. The van der Waals surface area contributed by atoms with Crippen molar-refractivity contribution in [1.29, 1.82) is 0 Å². The molecule has 0 saturated carbocycles. The Morgan fingerprint density at radius 3 is 2.79 bits per heavy atom. The van der Waals surface area contributed by atoms with E-state index < -0.39 is 0 Å². The molecule has 2 heterocycles. The lowest BCUT2D eigenvalue weighted by Gasteiger charge is -2.27. The van der Waals surface area contributed by atoms with Crippen molar-refractivity contribution in [3.63, 3.8) is 0 Å². The minimum absolute atomic E-state index is 1.05. The van der Waals surface area contributed by atoms with Gasteiger partial charge in [-0.15, -0.1) is 0 Å². The van der Waals surface area contributed by atoms with Gasteiger partial charge in [0.1, 0.15) is 12.7 Å². The average Bonchev–Trinajstić information content (AvgIpc) is 3.01. The van der Waals surface area contributed by atoms with E-state index in [1.807, 2.05) is 10.7 Å². The van der Waals surface area contributed by atoms with Crippen LogP contribution in [0.25, 0.3) is 5.69 Å². The summed E-state index contributed by atoms with van der Waals surface area (Å²) >= 11 is 0. The monoisotopic (exact) mass is 257 g/mol. The zero-order valence-corrected chi connectivity index (χ0v) is 11.0. The third kappa shape index (κ3) is 3.00. The molecule has 1 fully saturated rings. The molecule has 19 heavy (non-hydrogen) atoms. The van der Waals surface area contributed by atoms with Crippen LogP contribution in [0, 0.1) is 0 Å². The van der Waals surface area contributed by atoms with Gasteiger partial charge in [-0.2, -0.15) is 5.10 Å². The van der Waals surface area contributed by atoms with E-state index in [2.05, 4.69) is 38.5 Å². The Labute approximate surface area is 113 Å². The molecule has 1 saturated heterocycles. The second-order valence-corrected chi connectivity index (χ2v) is 4.81. The number of nitrogens with zero attached hydrogens (tertiary/aromatic N) is 4. The van der Waals surface area contributed by atoms with E-state index in [0.29, 0.717) is 0 Å². The Balaban J connectivity index is 1.70. The number of piperazine rings is 1. The van der Waals surface area contributed by atoms with Crippen molar-refractivity contribution in [1.82, 2.24) is 25.0 Å². The summed E-state index contributed by atoms with van der Waals surface area (Å²) in [5.41, 5.74) is 2.46. The fraction of sp³-hybridized carbons (Fsp3) is 0.429. The highest BCUT2D eigenvalue weighted by Crippen LogP contribution is 2.14. The molecule has 1 aliphatic rings. The molecule has 0 aliphatic carbocycles. The first kappa shape index (κ1) is 12.3. The zero-order chi connectivity index (χ0) is 12.9. The van der Waals surface area contributed by atoms with Crippen LogP contribution >= 0.6 is 0 Å². The molecule has 3 rings (SSSR count). The van der Waals surface area contributed by atoms with Gasteiger partial charge in [-0.1, -0.05) is 18.2 Å². The van der Waals surface area contributed by atoms with E-state index in [9.17, 15) is 0 Å². The summed E-state index contributed by atoms with van der Waals surface area (Å²) in [6.07, 6.45) is 4.38. The standard InChI is InChI=1S/C14H19N5/c1-2-4-14(19-12-16-11-17-19)13(3-1)5-8-18-9-6-15-7-10-18/h1-4,11-12,15H,5-10H2. The highest BCUT2D eigenvalue weighted by atomic mass is 15.3. The zero-order valence-electron chi connectivity index (χ0n) is 11.0. The van der Waals surface area contributed by atoms with Crippen LogP contribution in [0.3, 0.4) is 0 Å². The molecule has 0 radical (unpaired) electrons. The van der Waals surface area contributed by atoms with Gasteiger partial charge in [0.2, 0.25) is 0 Å². The van der Waals surface area contributed by atoms with E-state index in [0.717, 1.165) is 44.8 Å². The van der Waals surface area contributed by atoms with Gasteiger partial charge < -0.3 is 10.2 Å². The molecule has 1 aliphatic heterocycles. The second kappa shape index (κ2) is 5.95. The minimum atomic E-state index is 1.05. The van der Waals surface area contributed by atoms with Gasteiger partial charge in [-0.25, -0.2) is 9.67 Å². The van der Waals surface area contributed by atoms with Crippen LogP contribution in [0.4, 0.5) is 0 Å². The van der Waals surface area contributed by atoms with E-state index in [1.165, 1.54) is 5.56 Å². The lowest BCUT2D eigenvalue weighted by Crippen LogP contribution is -2.44. The number of nitrogens with one attached hydrogen (secondary N) is 1. The maximum atomic E-state index is 4.22. The highest BCUT2D eigenvalue weighted by molar-refractivity contribution is 5.39. The number of aromatic nitrogens is 3. The average molecular weight is 257 g/mol. The van der Waals surface area contributed by atoms with Crippen LogP contribution in [-0.4, -0.2) is 52.4 Å². The predicted molar refractivity (Wildman–Crippen MR) is 74.4 cm³/mol. The summed E-state index contributed by atoms with van der Waals surface area (Å²) in [6, 6.07) is 8.42. The van der Waals surface area contributed by atoms with Gasteiger partial charge in [-0.3, -0.25) is 0 Å². The van der Waals surface area contributed by atoms with Crippen molar-refractivity contribution < 1.29 is 0 Å². The summed E-state index contributed by atoms with van der Waals surface area (Å²) < 4.78 is 1.84. The van der Waals surface area contributed by atoms with Crippen LogP contribution < -0.4 is 5.32 Å². The molecule has 1 aromatic heterocycles. The summed E-state index contributed by atoms with van der Waals surface area (Å²) in [4.78, 5) is 6.53. The SMILES string of the molecule is c1ccc(-n2cncn2)c(CCN2CCNCC2)c1. The largest absolute Gasteiger partial charge is 0.314 e. The van der Waals surface area contributed by atoms with E-state index >= 15 is 0 Å². The normalized spacial score (nSPS) is 16.6. The molecule has 100 valence electrons. The lowest BCUT2D eigenvalue weighted by molar-refractivity contribution is 0.244. The minimum Gasteiger partial charge on any atom is -0.314 e. The van der Waals surface area contributed by atoms with E-state index in [4.69, 9.17) is 0 Å². The smallest absolute Gasteiger partial charge is 0.138 e. The van der Waals surface area contributed by atoms with Crippen LogP contribution in [0.2, 0.25) is 0 Å². The molecular weight excluding hydrogens is 238 g/mol. The second-order valence-electron chi connectivity index (χ2n) is 4.81. The van der Waals surface area contributed by atoms with Crippen molar-refractivity contribution in [2.24, 2.45) is 0 Å². The summed E-state index contributed by atoms with van der Waals surface area (Å²) in [5.74, 6) is 0. The molecular formula is C14H19N5. The van der Waals surface area contributed by atoms with E-state index in [-0.39, 0.29) is 0 Å². The van der Waals surface area contributed by atoms with E-state index in [1.54, 1.807) is 12.7 Å². The lowest BCUT2D eigenvalue weighted by atomic mass is 10.1. The first-order valence-electron chi connectivity index (χ1n) is 6.79. The third-order valence-corrected chi connectivity index (χ3v) is 3.56. The molecule has 0 atom stereocenters. The topological polar surface area (TPSA) is 46.0 Å². The Morgan fingerprint density at radius 2 is 2.00 bits per heavy atom. The van der Waals surface area contributed by atoms with Crippen molar-refractivity contribution in [3.8, 4) is 5.69 Å². The van der Waals surface area contributed by atoms with Crippen molar-refractivity contribution >= 4 is 0 Å². The quantitative estimate of drug-likeness (QED) is 0.876. The van der Waals surface area contributed by atoms with Gasteiger partial charge >= 0.3 is 0 Å². The molecule has 0 bridgehead atoms. The maximum Gasteiger partial charge on any atom is 0.138 e. The molecule has 0 spiro atoms. The van der Waals surface area contributed by atoms with Crippen molar-refractivity contribution in [2.75, 3.05) is 32.7 Å². The Bertz CT molecular complexity index is 502. The van der Waals surface area contributed by atoms with Gasteiger partial charge in [0.05, 0.1) is 5.69 Å². The molecule has 0 amide bonds. The summed E-state index contributed by atoms with van der Waals surface area (Å²) in [6.45, 7) is 5.60. The van der Waals surface area contributed by atoms with Gasteiger partial charge in [-0.05, 0) is 18.1 Å². The number of benzene rings is 1. The number of para-hydroxylation sites is 1. The maximum absolute atomic E-state index is 4.22. The van der Waals surface area contributed by atoms with Crippen molar-refractivity contribution in [3.05, 3.63) is 42.5 Å². The molecule has 1 N–H and O–H groups in total. The van der Waals surface area contributed by atoms with Crippen LogP contribution in [-0.2, 0) is 6.42 Å².